The van der Waals surface area contributed by atoms with Crippen molar-refractivity contribution in [2.75, 3.05) is 31.1 Å². The summed E-state index contributed by atoms with van der Waals surface area (Å²) in [4.78, 5) is 36.1. The molecular weight excluding hydrogens is 330 g/mol. The molecule has 1 N–H and O–H groups in total. The van der Waals surface area contributed by atoms with Gasteiger partial charge in [0, 0.05) is 52.0 Å². The predicted molar refractivity (Wildman–Crippen MR) is 98.8 cm³/mol. The highest BCUT2D eigenvalue weighted by Gasteiger charge is 2.20. The van der Waals surface area contributed by atoms with Gasteiger partial charge in [-0.2, -0.15) is 0 Å². The van der Waals surface area contributed by atoms with Crippen molar-refractivity contribution in [3.63, 3.8) is 0 Å². The molecule has 7 nitrogen and oxygen atoms in total. The van der Waals surface area contributed by atoms with E-state index in [1.807, 2.05) is 41.0 Å². The molecule has 7 heteroatoms. The van der Waals surface area contributed by atoms with E-state index in [2.05, 4.69) is 15.3 Å². The molecule has 3 rings (SSSR count). The number of carbonyl (C=O) groups is 2. The maximum absolute atomic E-state index is 12.2. The summed E-state index contributed by atoms with van der Waals surface area (Å²) < 4.78 is 0. The van der Waals surface area contributed by atoms with Crippen LogP contribution in [0.1, 0.15) is 28.4 Å². The van der Waals surface area contributed by atoms with Crippen LogP contribution in [0.3, 0.4) is 0 Å². The highest BCUT2D eigenvalue weighted by molar-refractivity contribution is 5.93. The summed E-state index contributed by atoms with van der Waals surface area (Å²) >= 11 is 0. The summed E-state index contributed by atoms with van der Waals surface area (Å²) in [5, 5.41) is 2.88. The van der Waals surface area contributed by atoms with Gasteiger partial charge in [-0.25, -0.2) is 9.97 Å². The van der Waals surface area contributed by atoms with Gasteiger partial charge in [-0.1, -0.05) is 29.8 Å². The van der Waals surface area contributed by atoms with Crippen molar-refractivity contribution in [1.82, 2.24) is 20.2 Å². The summed E-state index contributed by atoms with van der Waals surface area (Å²) in [7, 11) is 0. The number of benzene rings is 1. The van der Waals surface area contributed by atoms with Gasteiger partial charge in [0.1, 0.15) is 0 Å². The number of hydrogen-bond donors (Lipinski definition) is 1. The second-order valence-corrected chi connectivity index (χ2v) is 6.43. The Balaban J connectivity index is 1.54. The van der Waals surface area contributed by atoms with Crippen LogP contribution in [0.25, 0.3) is 0 Å². The van der Waals surface area contributed by atoms with Gasteiger partial charge >= 0.3 is 0 Å². The lowest BCUT2D eigenvalue weighted by molar-refractivity contribution is -0.129. The molecule has 2 amide bonds. The fourth-order valence-corrected chi connectivity index (χ4v) is 2.81. The molecule has 0 radical (unpaired) electrons. The minimum Gasteiger partial charge on any atom is -0.348 e. The van der Waals surface area contributed by atoms with Crippen molar-refractivity contribution in [3.05, 3.63) is 53.3 Å². The molecule has 1 fully saturated rings. The molecule has 0 bridgehead atoms. The van der Waals surface area contributed by atoms with Crippen molar-refractivity contribution in [3.8, 4) is 0 Å². The minimum atomic E-state index is -0.196. The zero-order valence-corrected chi connectivity index (χ0v) is 15.1. The number of nitrogens with zero attached hydrogens (tertiary/aromatic N) is 4. The Morgan fingerprint density at radius 3 is 2.23 bits per heavy atom. The largest absolute Gasteiger partial charge is 0.348 e. The number of piperazine rings is 1. The summed E-state index contributed by atoms with van der Waals surface area (Å²) in [6.07, 6.45) is 3.09. The highest BCUT2D eigenvalue weighted by atomic mass is 16.2. The predicted octanol–water partition coefficient (Wildman–Crippen LogP) is 1.38. The number of carbonyl (C=O) groups excluding carboxylic acids is 2. The first-order chi connectivity index (χ1) is 12.5. The lowest BCUT2D eigenvalue weighted by Crippen LogP contribution is -2.48. The number of hydrogen-bond acceptors (Lipinski definition) is 5. The highest BCUT2D eigenvalue weighted by Crippen LogP contribution is 2.11. The molecule has 0 unspecified atom stereocenters. The van der Waals surface area contributed by atoms with Crippen molar-refractivity contribution in [2.45, 2.75) is 20.4 Å². The fraction of sp³-hybridized carbons (Fsp3) is 0.368. The first kappa shape index (κ1) is 17.8. The molecule has 1 saturated heterocycles. The topological polar surface area (TPSA) is 78.4 Å². The van der Waals surface area contributed by atoms with Crippen LogP contribution in [0.15, 0.2) is 36.7 Å². The molecular formula is C19H23N5O2. The summed E-state index contributed by atoms with van der Waals surface area (Å²) in [5.74, 6) is 0.480. The van der Waals surface area contributed by atoms with E-state index in [0.29, 0.717) is 44.2 Å². The number of anilines is 1. The van der Waals surface area contributed by atoms with E-state index >= 15 is 0 Å². The summed E-state index contributed by atoms with van der Waals surface area (Å²) in [5.41, 5.74) is 2.67. The maximum atomic E-state index is 12.2. The normalized spacial score (nSPS) is 14.2. The minimum absolute atomic E-state index is 0.0890. The van der Waals surface area contributed by atoms with Gasteiger partial charge in [0.2, 0.25) is 11.9 Å². The lowest BCUT2D eigenvalue weighted by atomic mass is 10.1. The molecule has 26 heavy (non-hydrogen) atoms. The van der Waals surface area contributed by atoms with E-state index in [0.717, 1.165) is 5.56 Å². The molecule has 0 atom stereocenters. The fourth-order valence-electron chi connectivity index (χ4n) is 2.81. The van der Waals surface area contributed by atoms with Gasteiger partial charge in [0.25, 0.3) is 5.91 Å². The van der Waals surface area contributed by atoms with E-state index in [1.54, 1.807) is 19.3 Å². The number of nitrogens with one attached hydrogen (secondary N) is 1. The summed E-state index contributed by atoms with van der Waals surface area (Å²) in [6.45, 7) is 6.79. The standard InChI is InChI=1S/C19H23N5O2/c1-14-3-5-16(6-4-14)11-20-18(26)17-12-21-19(22-13-17)24-9-7-23(8-10-24)15(2)25/h3-6,12-13H,7-11H2,1-2H3,(H,20,26). The Bertz CT molecular complexity index is 766. The monoisotopic (exact) mass is 353 g/mol. The third kappa shape index (κ3) is 4.36. The first-order valence-corrected chi connectivity index (χ1v) is 8.69. The second kappa shape index (κ2) is 7.95. The van der Waals surface area contributed by atoms with Crippen LogP contribution in [-0.2, 0) is 11.3 Å². The smallest absolute Gasteiger partial charge is 0.254 e. The van der Waals surface area contributed by atoms with Crippen molar-refractivity contribution < 1.29 is 9.59 Å². The van der Waals surface area contributed by atoms with Crippen LogP contribution in [-0.4, -0.2) is 52.9 Å². The first-order valence-electron chi connectivity index (χ1n) is 8.69. The zero-order valence-electron chi connectivity index (χ0n) is 15.1. The number of aryl methyl sites for hydroxylation is 1. The van der Waals surface area contributed by atoms with Gasteiger partial charge in [-0.15, -0.1) is 0 Å². The molecule has 2 heterocycles. The summed E-state index contributed by atoms with van der Waals surface area (Å²) in [6, 6.07) is 8.03. The maximum Gasteiger partial charge on any atom is 0.254 e. The van der Waals surface area contributed by atoms with Crippen LogP contribution >= 0.6 is 0 Å². The molecule has 136 valence electrons. The molecule has 0 aliphatic carbocycles. The Hall–Kier alpha value is -2.96. The molecule has 1 aromatic carbocycles. The molecule has 1 aliphatic heterocycles. The number of amides is 2. The molecule has 2 aromatic rings. The van der Waals surface area contributed by atoms with Crippen LogP contribution in [0.2, 0.25) is 0 Å². The van der Waals surface area contributed by atoms with Crippen LogP contribution < -0.4 is 10.2 Å². The van der Waals surface area contributed by atoms with E-state index in [-0.39, 0.29) is 11.8 Å². The van der Waals surface area contributed by atoms with Gasteiger partial charge in [-0.3, -0.25) is 9.59 Å². The van der Waals surface area contributed by atoms with Gasteiger partial charge in [0.15, 0.2) is 0 Å². The molecule has 1 aliphatic rings. The van der Waals surface area contributed by atoms with Crippen LogP contribution in [0.5, 0.6) is 0 Å². The molecule has 1 aromatic heterocycles. The van der Waals surface area contributed by atoms with Crippen LogP contribution in [0.4, 0.5) is 5.95 Å². The molecule has 0 saturated carbocycles. The van der Waals surface area contributed by atoms with Gasteiger partial charge in [0.05, 0.1) is 5.56 Å². The average Bonchev–Trinajstić information content (AvgIpc) is 2.67. The SMILES string of the molecule is CC(=O)N1CCN(c2ncc(C(=O)NCc3ccc(C)cc3)cn2)CC1. The Morgan fingerprint density at radius 1 is 1.04 bits per heavy atom. The molecule has 0 spiro atoms. The third-order valence-corrected chi connectivity index (χ3v) is 4.48. The van der Waals surface area contributed by atoms with E-state index in [4.69, 9.17) is 0 Å². The van der Waals surface area contributed by atoms with Crippen LogP contribution in [0, 0.1) is 6.92 Å². The van der Waals surface area contributed by atoms with E-state index in [1.165, 1.54) is 5.56 Å². The number of aromatic nitrogens is 2. The quantitative estimate of drug-likeness (QED) is 0.898. The lowest BCUT2D eigenvalue weighted by Gasteiger charge is -2.34. The Kier molecular flexibility index (Phi) is 5.46. The average molecular weight is 353 g/mol. The van der Waals surface area contributed by atoms with Crippen molar-refractivity contribution in [2.24, 2.45) is 0 Å². The zero-order chi connectivity index (χ0) is 18.5. The third-order valence-electron chi connectivity index (χ3n) is 4.48. The Labute approximate surface area is 153 Å². The van der Waals surface area contributed by atoms with E-state index < -0.39 is 0 Å². The number of rotatable bonds is 4. The Morgan fingerprint density at radius 2 is 1.65 bits per heavy atom. The van der Waals surface area contributed by atoms with Crippen molar-refractivity contribution >= 4 is 17.8 Å². The van der Waals surface area contributed by atoms with Crippen molar-refractivity contribution in [1.29, 1.82) is 0 Å². The van der Waals surface area contributed by atoms with E-state index in [9.17, 15) is 9.59 Å². The van der Waals surface area contributed by atoms with Gasteiger partial charge in [-0.05, 0) is 12.5 Å². The van der Waals surface area contributed by atoms with Gasteiger partial charge < -0.3 is 15.1 Å². The second-order valence-electron chi connectivity index (χ2n) is 6.43.